The van der Waals surface area contributed by atoms with Crippen LogP contribution in [0.3, 0.4) is 0 Å². The molecule has 2 unspecified atom stereocenters. The number of halogens is 3. The van der Waals surface area contributed by atoms with E-state index in [2.05, 4.69) is 5.32 Å². The van der Waals surface area contributed by atoms with Crippen LogP contribution in [0, 0.1) is 6.92 Å². The number of aryl methyl sites for hydroxylation is 1. The van der Waals surface area contributed by atoms with Gasteiger partial charge in [0.2, 0.25) is 5.91 Å². The zero-order valence-electron chi connectivity index (χ0n) is 12.2. The summed E-state index contributed by atoms with van der Waals surface area (Å²) in [6.07, 6.45) is -3.17. The van der Waals surface area contributed by atoms with Gasteiger partial charge in [-0.15, -0.1) is 0 Å². The Morgan fingerprint density at radius 2 is 2.05 bits per heavy atom. The molecule has 1 aromatic rings. The number of nitrogens with zero attached hydrogens (tertiary/aromatic N) is 1. The number of carbonyl (C=O) groups excluding carboxylic acids is 2. The summed E-state index contributed by atoms with van der Waals surface area (Å²) in [5.41, 5.74) is 0.643. The number of piperidine rings is 1. The third-order valence-corrected chi connectivity index (χ3v) is 3.77. The molecule has 1 aliphatic rings. The van der Waals surface area contributed by atoms with Gasteiger partial charge in [0.1, 0.15) is 6.04 Å². The Balaban J connectivity index is 2.05. The van der Waals surface area contributed by atoms with Crippen LogP contribution in [-0.2, 0) is 4.79 Å². The molecule has 2 rings (SSSR count). The van der Waals surface area contributed by atoms with E-state index < -0.39 is 30.1 Å². The molecule has 8 heteroatoms. The molecule has 1 fully saturated rings. The highest BCUT2D eigenvalue weighted by molar-refractivity contribution is 5.93. The Labute approximate surface area is 125 Å². The topological polar surface area (TPSA) is 62.6 Å². The summed E-state index contributed by atoms with van der Waals surface area (Å²) >= 11 is 0. The fraction of sp³-hybridized carbons (Fsp3) is 0.571. The number of carbonyl (C=O) groups is 2. The number of rotatable bonds is 2. The van der Waals surface area contributed by atoms with Crippen LogP contribution >= 0.6 is 0 Å². The van der Waals surface area contributed by atoms with Crippen molar-refractivity contribution in [3.8, 4) is 0 Å². The predicted octanol–water partition coefficient (Wildman–Crippen LogP) is 2.26. The van der Waals surface area contributed by atoms with Gasteiger partial charge in [-0.25, -0.2) is 0 Å². The van der Waals surface area contributed by atoms with Crippen molar-refractivity contribution in [1.29, 1.82) is 0 Å². The van der Waals surface area contributed by atoms with Crippen molar-refractivity contribution in [2.45, 2.75) is 44.9 Å². The lowest BCUT2D eigenvalue weighted by Gasteiger charge is -2.40. The lowest BCUT2D eigenvalue weighted by atomic mass is 9.97. The van der Waals surface area contributed by atoms with Gasteiger partial charge in [-0.3, -0.25) is 9.59 Å². The summed E-state index contributed by atoms with van der Waals surface area (Å²) < 4.78 is 43.8. The molecule has 5 nitrogen and oxygen atoms in total. The van der Waals surface area contributed by atoms with Crippen LogP contribution in [0.4, 0.5) is 13.2 Å². The highest BCUT2D eigenvalue weighted by Crippen LogP contribution is 2.32. The van der Waals surface area contributed by atoms with Crippen LogP contribution in [0.1, 0.15) is 35.9 Å². The average molecular weight is 318 g/mol. The van der Waals surface area contributed by atoms with Crippen molar-refractivity contribution in [2.75, 3.05) is 6.54 Å². The lowest BCUT2D eigenvalue weighted by molar-refractivity contribution is -0.196. The minimum atomic E-state index is -4.46. The molecule has 1 N–H and O–H groups in total. The molecule has 2 amide bonds. The molecule has 1 aliphatic heterocycles. The molecule has 22 heavy (non-hydrogen) atoms. The molecule has 1 saturated heterocycles. The SMILES string of the molecule is CC(=O)N1CC(NC(=O)c2occc2C)CCC1C(F)(F)F. The van der Waals surface area contributed by atoms with Gasteiger partial charge in [0.05, 0.1) is 6.26 Å². The molecule has 2 heterocycles. The first kappa shape index (κ1) is 16.4. The molecule has 122 valence electrons. The van der Waals surface area contributed by atoms with Gasteiger partial charge in [-0.2, -0.15) is 13.2 Å². The Hall–Kier alpha value is -1.99. The number of alkyl halides is 3. The third-order valence-electron chi connectivity index (χ3n) is 3.77. The molecule has 0 radical (unpaired) electrons. The van der Waals surface area contributed by atoms with E-state index in [1.165, 1.54) is 6.26 Å². The number of hydrogen-bond donors (Lipinski definition) is 1. The second-order valence-corrected chi connectivity index (χ2v) is 5.41. The van der Waals surface area contributed by atoms with Crippen molar-refractivity contribution in [1.82, 2.24) is 10.2 Å². The monoisotopic (exact) mass is 318 g/mol. The van der Waals surface area contributed by atoms with Crippen LogP contribution in [0.15, 0.2) is 16.7 Å². The van der Waals surface area contributed by atoms with Gasteiger partial charge in [-0.1, -0.05) is 0 Å². The standard InChI is InChI=1S/C14H17F3N2O3/c1-8-5-6-22-12(8)13(21)18-10-3-4-11(14(15,16)17)19(7-10)9(2)20/h5-6,10-11H,3-4,7H2,1-2H3,(H,18,21). The van der Waals surface area contributed by atoms with Crippen molar-refractivity contribution in [2.24, 2.45) is 0 Å². The summed E-state index contributed by atoms with van der Waals surface area (Å²) in [7, 11) is 0. The maximum atomic E-state index is 12.9. The minimum absolute atomic E-state index is 0.132. The maximum Gasteiger partial charge on any atom is 0.408 e. The van der Waals surface area contributed by atoms with E-state index in [1.54, 1.807) is 13.0 Å². The normalized spacial score (nSPS) is 22.5. The summed E-state index contributed by atoms with van der Waals surface area (Å²) in [5, 5.41) is 2.63. The summed E-state index contributed by atoms with van der Waals surface area (Å²) in [5.74, 6) is -1.01. The first-order chi connectivity index (χ1) is 10.2. The van der Waals surface area contributed by atoms with E-state index in [0.29, 0.717) is 5.56 Å². The number of furan rings is 1. The summed E-state index contributed by atoms with van der Waals surface area (Å²) in [6.45, 7) is 2.63. The second-order valence-electron chi connectivity index (χ2n) is 5.41. The highest BCUT2D eigenvalue weighted by atomic mass is 19.4. The Bertz CT molecular complexity index is 568. The van der Waals surface area contributed by atoms with Gasteiger partial charge >= 0.3 is 6.18 Å². The molecule has 0 spiro atoms. The van der Waals surface area contributed by atoms with Crippen molar-refractivity contribution in [3.63, 3.8) is 0 Å². The number of likely N-dealkylation sites (tertiary alicyclic amines) is 1. The van der Waals surface area contributed by atoms with Gasteiger partial charge in [0, 0.05) is 25.1 Å². The molecular weight excluding hydrogens is 301 g/mol. The zero-order valence-corrected chi connectivity index (χ0v) is 12.2. The van der Waals surface area contributed by atoms with Gasteiger partial charge in [0.15, 0.2) is 5.76 Å². The van der Waals surface area contributed by atoms with Gasteiger partial charge < -0.3 is 14.6 Å². The number of nitrogens with one attached hydrogen (secondary N) is 1. The fourth-order valence-corrected chi connectivity index (χ4v) is 2.63. The number of amides is 2. The van der Waals surface area contributed by atoms with Crippen LogP contribution in [-0.4, -0.2) is 41.5 Å². The van der Waals surface area contributed by atoms with Crippen LogP contribution in [0.25, 0.3) is 0 Å². The quantitative estimate of drug-likeness (QED) is 0.910. The van der Waals surface area contributed by atoms with Gasteiger partial charge in [0.25, 0.3) is 5.91 Å². The largest absolute Gasteiger partial charge is 0.459 e. The van der Waals surface area contributed by atoms with Crippen molar-refractivity contribution < 1.29 is 27.2 Å². The molecule has 2 atom stereocenters. The van der Waals surface area contributed by atoms with E-state index in [0.717, 1.165) is 11.8 Å². The molecule has 0 aromatic carbocycles. The first-order valence-corrected chi connectivity index (χ1v) is 6.89. The number of hydrogen-bond acceptors (Lipinski definition) is 3. The zero-order chi connectivity index (χ0) is 16.5. The van der Waals surface area contributed by atoms with E-state index >= 15 is 0 Å². The molecule has 0 bridgehead atoms. The third kappa shape index (κ3) is 3.42. The van der Waals surface area contributed by atoms with E-state index in [1.807, 2.05) is 0 Å². The molecular formula is C14H17F3N2O3. The second kappa shape index (κ2) is 6.02. The molecule has 1 aromatic heterocycles. The molecule has 0 aliphatic carbocycles. The smallest absolute Gasteiger partial charge is 0.408 e. The van der Waals surface area contributed by atoms with Gasteiger partial charge in [-0.05, 0) is 25.8 Å². The maximum absolute atomic E-state index is 12.9. The molecule has 0 saturated carbocycles. The minimum Gasteiger partial charge on any atom is -0.459 e. The lowest BCUT2D eigenvalue weighted by Crippen LogP contribution is -2.57. The summed E-state index contributed by atoms with van der Waals surface area (Å²) in [4.78, 5) is 24.3. The Morgan fingerprint density at radius 3 is 2.55 bits per heavy atom. The fourth-order valence-electron chi connectivity index (χ4n) is 2.63. The van der Waals surface area contributed by atoms with Crippen molar-refractivity contribution in [3.05, 3.63) is 23.7 Å². The van der Waals surface area contributed by atoms with Crippen molar-refractivity contribution >= 4 is 11.8 Å². The van der Waals surface area contributed by atoms with E-state index in [4.69, 9.17) is 4.42 Å². The Morgan fingerprint density at radius 1 is 1.36 bits per heavy atom. The Kier molecular flexibility index (Phi) is 4.48. The first-order valence-electron chi connectivity index (χ1n) is 6.89. The van der Waals surface area contributed by atoms with E-state index in [9.17, 15) is 22.8 Å². The average Bonchev–Trinajstić information content (AvgIpc) is 2.83. The highest BCUT2D eigenvalue weighted by Gasteiger charge is 2.47. The van der Waals surface area contributed by atoms with E-state index in [-0.39, 0.29) is 25.1 Å². The van der Waals surface area contributed by atoms with Crippen LogP contribution in [0.2, 0.25) is 0 Å². The predicted molar refractivity (Wildman–Crippen MR) is 71.2 cm³/mol. The van der Waals surface area contributed by atoms with Crippen LogP contribution in [0.5, 0.6) is 0 Å². The summed E-state index contributed by atoms with van der Waals surface area (Å²) in [6, 6.07) is -0.694. The van der Waals surface area contributed by atoms with Crippen LogP contribution < -0.4 is 5.32 Å².